The molecule has 0 aromatic rings. The molecule has 1 nitrogen and oxygen atoms in total. The van der Waals surface area contributed by atoms with Gasteiger partial charge in [-0.15, -0.1) is 0 Å². The topological polar surface area (TPSA) is 12.4 Å². The number of hydrogen-bond acceptors (Lipinski definition) is 1. The number of halogens is 1. The summed E-state index contributed by atoms with van der Waals surface area (Å²) >= 11 is -0.0848. The number of rotatable bonds is 1. The van der Waals surface area contributed by atoms with Crippen LogP contribution in [0.3, 0.4) is 0 Å². The molecule has 0 saturated carbocycles. The first-order valence-electron chi connectivity index (χ1n) is 3.71. The van der Waals surface area contributed by atoms with Crippen molar-refractivity contribution in [2.24, 2.45) is 4.99 Å². The van der Waals surface area contributed by atoms with Crippen molar-refractivity contribution in [2.45, 2.75) is 6.92 Å². The normalized spacial score (nSPS) is 23.8. The van der Waals surface area contributed by atoms with E-state index in [2.05, 4.69) is 29.8 Å². The third-order valence-corrected chi connectivity index (χ3v) is 4.06. The van der Waals surface area contributed by atoms with Crippen LogP contribution in [-0.2, 0) is 0 Å². The van der Waals surface area contributed by atoms with E-state index < -0.39 is 0 Å². The van der Waals surface area contributed by atoms with Gasteiger partial charge in [-0.2, -0.15) is 0 Å². The molecule has 1 rings (SSSR count). The Kier molecular flexibility index (Phi) is 4.00. The molecule has 1 heterocycles. The van der Waals surface area contributed by atoms with Crippen LogP contribution in [0.25, 0.3) is 0 Å². The molecule has 0 aromatic heterocycles. The summed E-state index contributed by atoms with van der Waals surface area (Å²) in [6, 6.07) is 0. The van der Waals surface area contributed by atoms with Gasteiger partial charge >= 0.3 is 83.6 Å². The Bertz CT molecular complexity index is 282. The predicted molar refractivity (Wildman–Crippen MR) is 49.7 cm³/mol. The van der Waals surface area contributed by atoms with Gasteiger partial charge in [0.15, 0.2) is 0 Å². The summed E-state index contributed by atoms with van der Waals surface area (Å²) in [6.45, 7) is 5.71. The quantitative estimate of drug-likeness (QED) is 0.457. The van der Waals surface area contributed by atoms with Crippen LogP contribution >= 0.6 is 0 Å². The molecule has 0 amide bonds. The molecule has 0 saturated heterocycles. The second kappa shape index (κ2) is 5.09. The van der Waals surface area contributed by atoms with E-state index >= 15 is 0 Å². The van der Waals surface area contributed by atoms with Crippen LogP contribution in [0.5, 0.6) is 0 Å². The van der Waals surface area contributed by atoms with Crippen LogP contribution in [-0.4, -0.2) is 6.21 Å². The molecule has 0 aromatic carbocycles. The van der Waals surface area contributed by atoms with Gasteiger partial charge in [-0.05, 0) is 0 Å². The Morgan fingerprint density at radius 3 is 3.08 bits per heavy atom. The average molecular weight is 272 g/mol. The van der Waals surface area contributed by atoms with Crippen LogP contribution in [0.1, 0.15) is 6.92 Å². The molecule has 0 spiro atoms. The van der Waals surface area contributed by atoms with Gasteiger partial charge in [-0.1, -0.05) is 0 Å². The number of nitrogens with zero attached hydrogens (tertiary/aromatic N) is 1. The Balaban J connectivity index is 2.84. The fourth-order valence-electron chi connectivity index (χ4n) is 0.746. The summed E-state index contributed by atoms with van der Waals surface area (Å²) in [5, 5.41) is 0. The van der Waals surface area contributed by atoms with Crippen molar-refractivity contribution in [1.82, 2.24) is 0 Å². The first kappa shape index (κ1) is 9.45. The fraction of sp³-hybridized carbons (Fsp3) is 0.100. The van der Waals surface area contributed by atoms with Crippen molar-refractivity contribution in [3.63, 3.8) is 0 Å². The molecule has 0 radical (unpaired) electrons. The Morgan fingerprint density at radius 2 is 2.42 bits per heavy atom. The maximum atomic E-state index is 4.30. The van der Waals surface area contributed by atoms with E-state index in [1.807, 2.05) is 25.3 Å². The summed E-state index contributed by atoms with van der Waals surface area (Å²) in [4.78, 5) is 4.30. The second-order valence-corrected chi connectivity index (χ2v) is 5.02. The van der Waals surface area contributed by atoms with Gasteiger partial charge in [0.25, 0.3) is 0 Å². The van der Waals surface area contributed by atoms with E-state index in [0.717, 1.165) is 0 Å². The van der Waals surface area contributed by atoms with Crippen LogP contribution in [0.4, 0.5) is 0 Å². The Labute approximate surface area is 83.5 Å². The summed E-state index contributed by atoms with van der Waals surface area (Å²) in [6.07, 6.45) is 11.9. The van der Waals surface area contributed by atoms with Crippen molar-refractivity contribution in [2.75, 3.05) is 0 Å². The van der Waals surface area contributed by atoms with Crippen LogP contribution in [0.2, 0.25) is 0 Å². The first-order chi connectivity index (χ1) is 5.86. The molecule has 64 valence electrons. The maximum absolute atomic E-state index is 4.30. The van der Waals surface area contributed by atoms with E-state index in [4.69, 9.17) is 0 Å². The van der Waals surface area contributed by atoms with E-state index in [1.165, 1.54) is 7.28 Å². The molecule has 0 fully saturated rings. The standard InChI is InChI=1S/C10H11IN/c1-3-6-9-7-5-8-12-10(4-2)11-9/h3-8H,1H2,2H3/q-1/b9-6-,10-4+. The second-order valence-electron chi connectivity index (χ2n) is 2.13. The van der Waals surface area contributed by atoms with Gasteiger partial charge < -0.3 is 0 Å². The van der Waals surface area contributed by atoms with E-state index in [-0.39, 0.29) is 21.2 Å². The molecule has 0 N–H and O–H groups in total. The van der Waals surface area contributed by atoms with Crippen LogP contribution in [0.15, 0.2) is 49.2 Å². The molecule has 1 aliphatic heterocycles. The third-order valence-electron chi connectivity index (χ3n) is 1.26. The van der Waals surface area contributed by atoms with Gasteiger partial charge in [-0.3, -0.25) is 0 Å². The molecule has 0 bridgehead atoms. The Hall–Kier alpha value is -0.640. The molecule has 0 aliphatic carbocycles. The average Bonchev–Trinajstić information content (AvgIpc) is 2.30. The van der Waals surface area contributed by atoms with E-state index in [1.54, 1.807) is 0 Å². The molecular weight excluding hydrogens is 261 g/mol. The zero-order chi connectivity index (χ0) is 8.81. The molecule has 0 atom stereocenters. The number of hydrogen-bond donors (Lipinski definition) is 0. The van der Waals surface area contributed by atoms with Gasteiger partial charge in [0.05, 0.1) is 0 Å². The summed E-state index contributed by atoms with van der Waals surface area (Å²) in [5.41, 5.74) is 0. The van der Waals surface area contributed by atoms with Gasteiger partial charge in [0, 0.05) is 0 Å². The predicted octanol–water partition coefficient (Wildman–Crippen LogP) is -0.353. The van der Waals surface area contributed by atoms with Crippen molar-refractivity contribution < 1.29 is 21.2 Å². The van der Waals surface area contributed by atoms with Crippen molar-refractivity contribution in [3.05, 3.63) is 44.2 Å². The van der Waals surface area contributed by atoms with Crippen LogP contribution in [0, 0.1) is 0 Å². The summed E-state index contributed by atoms with van der Waals surface area (Å²) in [5.74, 6) is 0. The zero-order valence-electron chi connectivity index (χ0n) is 7.00. The van der Waals surface area contributed by atoms with Crippen LogP contribution < -0.4 is 21.2 Å². The molecule has 1 aliphatic rings. The van der Waals surface area contributed by atoms with Crippen molar-refractivity contribution in [3.8, 4) is 0 Å². The van der Waals surface area contributed by atoms with E-state index in [0.29, 0.717) is 0 Å². The van der Waals surface area contributed by atoms with Crippen molar-refractivity contribution >= 4 is 6.21 Å². The summed E-state index contributed by atoms with van der Waals surface area (Å²) in [7, 11) is 0. The van der Waals surface area contributed by atoms with E-state index in [9.17, 15) is 0 Å². The Morgan fingerprint density at radius 1 is 1.58 bits per heavy atom. The minimum atomic E-state index is -0.0848. The van der Waals surface area contributed by atoms with Gasteiger partial charge in [0.2, 0.25) is 0 Å². The molecular formula is C10H11IN-. The minimum absolute atomic E-state index is 0.0848. The summed E-state index contributed by atoms with van der Waals surface area (Å²) < 4.78 is 2.57. The van der Waals surface area contributed by atoms with Gasteiger partial charge in [-0.25, -0.2) is 0 Å². The number of aliphatic imine (C=N–C) groups is 1. The van der Waals surface area contributed by atoms with Gasteiger partial charge in [0.1, 0.15) is 0 Å². The SMILES string of the molecule is C=C/C=C1/C=CC=N/C(=C/C)[I-]1. The molecule has 0 unspecified atom stereocenters. The number of allylic oxidation sites excluding steroid dienone is 6. The van der Waals surface area contributed by atoms with Crippen molar-refractivity contribution in [1.29, 1.82) is 0 Å². The third kappa shape index (κ3) is 2.77. The zero-order valence-corrected chi connectivity index (χ0v) is 9.15. The first-order valence-corrected chi connectivity index (χ1v) is 5.87. The monoisotopic (exact) mass is 272 g/mol. The fourth-order valence-corrected chi connectivity index (χ4v) is 2.82. The molecule has 2 heteroatoms. The molecule has 12 heavy (non-hydrogen) atoms.